The summed E-state index contributed by atoms with van der Waals surface area (Å²) in [6.07, 6.45) is 1.98. The van der Waals surface area contributed by atoms with E-state index in [1.165, 1.54) is 17.7 Å². The second-order valence-electron chi connectivity index (χ2n) is 5.15. The predicted octanol–water partition coefficient (Wildman–Crippen LogP) is 4.19. The highest BCUT2D eigenvalue weighted by Crippen LogP contribution is 2.42. The van der Waals surface area contributed by atoms with E-state index >= 15 is 0 Å². The van der Waals surface area contributed by atoms with Crippen molar-refractivity contribution in [3.05, 3.63) is 71.0 Å². The average molecular weight is 256 g/mol. The van der Waals surface area contributed by atoms with Gasteiger partial charge in [0, 0.05) is 6.61 Å². The number of halogens is 1. The molecule has 0 amide bonds. The van der Waals surface area contributed by atoms with Crippen LogP contribution in [0, 0.1) is 12.7 Å². The maximum absolute atomic E-state index is 13.1. The van der Waals surface area contributed by atoms with Crippen LogP contribution in [0.1, 0.15) is 29.5 Å². The molecule has 3 rings (SSSR count). The molecule has 2 heteroatoms. The van der Waals surface area contributed by atoms with Crippen LogP contribution >= 0.6 is 0 Å². The molecule has 0 bridgehead atoms. The number of ether oxygens (including phenoxy) is 1. The molecule has 0 N–H and O–H groups in total. The van der Waals surface area contributed by atoms with E-state index in [2.05, 4.69) is 31.2 Å². The van der Waals surface area contributed by atoms with Gasteiger partial charge in [0.1, 0.15) is 11.4 Å². The predicted molar refractivity (Wildman–Crippen MR) is 73.5 cm³/mol. The summed E-state index contributed by atoms with van der Waals surface area (Å²) in [5.74, 6) is -0.208. The topological polar surface area (TPSA) is 9.23 Å². The number of hydrogen-bond acceptors (Lipinski definition) is 1. The van der Waals surface area contributed by atoms with Crippen LogP contribution in [0.3, 0.4) is 0 Å². The Balaban J connectivity index is 2.08. The normalized spacial score (nSPS) is 22.6. The zero-order valence-electron chi connectivity index (χ0n) is 11.0. The van der Waals surface area contributed by atoms with E-state index in [4.69, 9.17) is 4.74 Å². The Morgan fingerprint density at radius 3 is 2.05 bits per heavy atom. The Bertz CT molecular complexity index is 503. The molecule has 1 aliphatic rings. The van der Waals surface area contributed by atoms with Gasteiger partial charge in [0.05, 0.1) is 0 Å². The maximum atomic E-state index is 13.1. The Morgan fingerprint density at radius 2 is 1.53 bits per heavy atom. The second-order valence-corrected chi connectivity index (χ2v) is 5.15. The van der Waals surface area contributed by atoms with Crippen LogP contribution in [-0.2, 0) is 10.3 Å². The van der Waals surface area contributed by atoms with Gasteiger partial charge in [-0.25, -0.2) is 4.39 Å². The highest BCUT2D eigenvalue weighted by Gasteiger charge is 2.38. The van der Waals surface area contributed by atoms with Gasteiger partial charge in [-0.3, -0.25) is 0 Å². The Hall–Kier alpha value is -1.67. The molecular weight excluding hydrogens is 239 g/mol. The van der Waals surface area contributed by atoms with Crippen molar-refractivity contribution >= 4 is 0 Å². The SMILES string of the molecule is Cc1ccc(C2(c3ccc(F)cc3)CCCO2)cc1. The van der Waals surface area contributed by atoms with Crippen LogP contribution in [0.2, 0.25) is 0 Å². The molecule has 1 saturated heterocycles. The van der Waals surface area contributed by atoms with Gasteiger partial charge in [-0.1, -0.05) is 42.0 Å². The summed E-state index contributed by atoms with van der Waals surface area (Å²) >= 11 is 0. The van der Waals surface area contributed by atoms with Gasteiger partial charge in [0.15, 0.2) is 0 Å². The molecule has 1 fully saturated rings. The van der Waals surface area contributed by atoms with Crippen LogP contribution in [0.5, 0.6) is 0 Å². The van der Waals surface area contributed by atoms with E-state index in [-0.39, 0.29) is 5.82 Å². The van der Waals surface area contributed by atoms with Gasteiger partial charge < -0.3 is 4.74 Å². The average Bonchev–Trinajstić information content (AvgIpc) is 2.91. The molecule has 2 aromatic rings. The van der Waals surface area contributed by atoms with E-state index in [9.17, 15) is 4.39 Å². The molecule has 0 radical (unpaired) electrons. The van der Waals surface area contributed by atoms with Gasteiger partial charge in [0.2, 0.25) is 0 Å². The summed E-state index contributed by atoms with van der Waals surface area (Å²) in [7, 11) is 0. The van der Waals surface area contributed by atoms with Gasteiger partial charge in [0.25, 0.3) is 0 Å². The minimum atomic E-state index is -0.401. The first-order valence-electron chi connectivity index (χ1n) is 6.68. The maximum Gasteiger partial charge on any atom is 0.123 e. The second kappa shape index (κ2) is 4.78. The Labute approximate surface area is 113 Å². The number of rotatable bonds is 2. The van der Waals surface area contributed by atoms with Gasteiger partial charge >= 0.3 is 0 Å². The van der Waals surface area contributed by atoms with Crippen LogP contribution in [0.4, 0.5) is 4.39 Å². The summed E-state index contributed by atoms with van der Waals surface area (Å²) < 4.78 is 19.2. The first kappa shape index (κ1) is 12.4. The molecule has 1 heterocycles. The molecule has 1 nitrogen and oxygen atoms in total. The third-order valence-electron chi connectivity index (χ3n) is 3.85. The highest BCUT2D eigenvalue weighted by molar-refractivity contribution is 5.38. The van der Waals surface area contributed by atoms with Crippen LogP contribution in [0.15, 0.2) is 48.5 Å². The molecule has 0 saturated carbocycles. The molecule has 2 aromatic carbocycles. The minimum Gasteiger partial charge on any atom is -0.366 e. The van der Waals surface area contributed by atoms with Crippen LogP contribution in [0.25, 0.3) is 0 Å². The summed E-state index contributed by atoms with van der Waals surface area (Å²) in [6.45, 7) is 2.83. The lowest BCUT2D eigenvalue weighted by Crippen LogP contribution is -2.26. The number of aryl methyl sites for hydroxylation is 1. The van der Waals surface area contributed by atoms with Gasteiger partial charge in [-0.2, -0.15) is 0 Å². The summed E-state index contributed by atoms with van der Waals surface area (Å²) in [4.78, 5) is 0. The first-order valence-corrected chi connectivity index (χ1v) is 6.68. The van der Waals surface area contributed by atoms with Crippen molar-refractivity contribution in [2.45, 2.75) is 25.4 Å². The van der Waals surface area contributed by atoms with Gasteiger partial charge in [-0.15, -0.1) is 0 Å². The third-order valence-corrected chi connectivity index (χ3v) is 3.85. The van der Waals surface area contributed by atoms with Gasteiger partial charge in [-0.05, 0) is 43.0 Å². The number of benzene rings is 2. The summed E-state index contributed by atoms with van der Waals surface area (Å²) in [5, 5.41) is 0. The highest BCUT2D eigenvalue weighted by atomic mass is 19.1. The first-order chi connectivity index (χ1) is 9.21. The van der Waals surface area contributed by atoms with Crippen molar-refractivity contribution in [3.63, 3.8) is 0 Å². The Kier molecular flexibility index (Phi) is 3.11. The lowest BCUT2D eigenvalue weighted by molar-refractivity contribution is 0.0359. The summed E-state index contributed by atoms with van der Waals surface area (Å²) in [6, 6.07) is 15.1. The van der Waals surface area contributed by atoms with E-state index in [0.717, 1.165) is 30.6 Å². The number of hydrogen-bond donors (Lipinski definition) is 0. The zero-order chi connectivity index (χ0) is 13.3. The van der Waals surface area contributed by atoms with Crippen molar-refractivity contribution in [1.29, 1.82) is 0 Å². The van der Waals surface area contributed by atoms with Crippen molar-refractivity contribution in [3.8, 4) is 0 Å². The van der Waals surface area contributed by atoms with E-state index in [0.29, 0.717) is 0 Å². The molecule has 0 aliphatic carbocycles. The minimum absolute atomic E-state index is 0.208. The van der Waals surface area contributed by atoms with E-state index in [1.54, 1.807) is 0 Å². The standard InChI is InChI=1S/C17H17FO/c1-13-3-5-14(6-4-13)17(11-2-12-19-17)15-7-9-16(18)10-8-15/h3-10H,2,11-12H2,1H3. The molecule has 1 unspecified atom stereocenters. The quantitative estimate of drug-likeness (QED) is 0.783. The lowest BCUT2D eigenvalue weighted by atomic mass is 9.83. The fourth-order valence-electron chi connectivity index (χ4n) is 2.80. The smallest absolute Gasteiger partial charge is 0.123 e. The fraction of sp³-hybridized carbons (Fsp3) is 0.294. The monoisotopic (exact) mass is 256 g/mol. The lowest BCUT2D eigenvalue weighted by Gasteiger charge is -2.29. The van der Waals surface area contributed by atoms with E-state index in [1.807, 2.05) is 12.1 Å². The molecule has 0 spiro atoms. The third kappa shape index (κ3) is 2.17. The molecule has 19 heavy (non-hydrogen) atoms. The van der Waals surface area contributed by atoms with Crippen molar-refractivity contribution in [1.82, 2.24) is 0 Å². The molecule has 1 aliphatic heterocycles. The van der Waals surface area contributed by atoms with Crippen molar-refractivity contribution in [2.75, 3.05) is 6.61 Å². The molecule has 0 aromatic heterocycles. The zero-order valence-corrected chi connectivity index (χ0v) is 11.0. The Morgan fingerprint density at radius 1 is 0.947 bits per heavy atom. The van der Waals surface area contributed by atoms with E-state index < -0.39 is 5.60 Å². The van der Waals surface area contributed by atoms with Crippen molar-refractivity contribution < 1.29 is 9.13 Å². The molecular formula is C17H17FO. The van der Waals surface area contributed by atoms with Crippen LogP contribution < -0.4 is 0 Å². The largest absolute Gasteiger partial charge is 0.366 e. The summed E-state index contributed by atoms with van der Waals surface area (Å²) in [5.41, 5.74) is 3.02. The fourth-order valence-corrected chi connectivity index (χ4v) is 2.80. The van der Waals surface area contributed by atoms with Crippen LogP contribution in [-0.4, -0.2) is 6.61 Å². The molecule has 98 valence electrons. The van der Waals surface area contributed by atoms with Crippen molar-refractivity contribution in [2.24, 2.45) is 0 Å². The molecule has 1 atom stereocenters.